The highest BCUT2D eigenvalue weighted by molar-refractivity contribution is 5.90. The molecule has 8 nitrogen and oxygen atoms in total. The number of nitrogens with zero attached hydrogens (tertiary/aromatic N) is 4. The fourth-order valence-electron chi connectivity index (χ4n) is 2.99. The third-order valence-electron chi connectivity index (χ3n) is 4.32. The molecule has 3 heterocycles. The quantitative estimate of drug-likeness (QED) is 0.760. The summed E-state index contributed by atoms with van der Waals surface area (Å²) in [5.74, 6) is -0.664. The van der Waals surface area contributed by atoms with Gasteiger partial charge in [-0.1, -0.05) is 0 Å². The second-order valence-corrected chi connectivity index (χ2v) is 6.23. The molecular formula is C18H16FN5O3. The van der Waals surface area contributed by atoms with E-state index in [-0.39, 0.29) is 19.0 Å². The lowest BCUT2D eigenvalue weighted by molar-refractivity contribution is -0.119. The number of cyclic esters (lactones) is 1. The standard InChI is InChI=1S/C18H16FN5O3/c1-11(25)20-7-14-9-24(18(26)27-14)13-3-4-15(16(19)6-13)12-2-5-17-22-21-10-23(17)8-12/h2-6,8,10,14H,7,9H2,1H3,(H,20,25)/t14-/m0/s1. The Balaban J connectivity index is 1.56. The molecule has 0 unspecified atom stereocenters. The Morgan fingerprint density at radius 3 is 3.00 bits per heavy atom. The highest BCUT2D eigenvalue weighted by Crippen LogP contribution is 2.29. The average molecular weight is 369 g/mol. The molecule has 1 atom stereocenters. The minimum absolute atomic E-state index is 0.204. The van der Waals surface area contributed by atoms with Crippen molar-refractivity contribution in [2.45, 2.75) is 13.0 Å². The van der Waals surface area contributed by atoms with Crippen LogP contribution in [0.25, 0.3) is 16.8 Å². The van der Waals surface area contributed by atoms with E-state index in [9.17, 15) is 14.0 Å². The molecule has 27 heavy (non-hydrogen) atoms. The predicted octanol–water partition coefficient (Wildman–Crippen LogP) is 2.00. The number of carbonyl (C=O) groups is 2. The third-order valence-corrected chi connectivity index (χ3v) is 4.32. The molecule has 0 spiro atoms. The van der Waals surface area contributed by atoms with Crippen LogP contribution in [0.15, 0.2) is 42.9 Å². The number of hydrogen-bond acceptors (Lipinski definition) is 5. The lowest BCUT2D eigenvalue weighted by Gasteiger charge is -2.14. The molecule has 9 heteroatoms. The van der Waals surface area contributed by atoms with Crippen LogP contribution in [-0.2, 0) is 9.53 Å². The molecule has 0 aliphatic carbocycles. The van der Waals surface area contributed by atoms with Gasteiger partial charge >= 0.3 is 6.09 Å². The molecular weight excluding hydrogens is 353 g/mol. The van der Waals surface area contributed by atoms with Crippen molar-refractivity contribution >= 4 is 23.3 Å². The molecule has 1 saturated heterocycles. The number of pyridine rings is 1. The summed E-state index contributed by atoms with van der Waals surface area (Å²) >= 11 is 0. The molecule has 1 fully saturated rings. The fraction of sp³-hybridized carbons (Fsp3) is 0.222. The van der Waals surface area contributed by atoms with Crippen LogP contribution in [0.2, 0.25) is 0 Å². The fourth-order valence-corrected chi connectivity index (χ4v) is 2.99. The van der Waals surface area contributed by atoms with Gasteiger partial charge in [0.05, 0.1) is 18.8 Å². The number of ether oxygens (including phenoxy) is 1. The summed E-state index contributed by atoms with van der Waals surface area (Å²) in [6.45, 7) is 1.85. The number of benzene rings is 1. The molecule has 1 aliphatic rings. The van der Waals surface area contributed by atoms with Crippen LogP contribution in [0.5, 0.6) is 0 Å². The molecule has 1 aromatic carbocycles. The van der Waals surface area contributed by atoms with Gasteiger partial charge in [-0.2, -0.15) is 0 Å². The first-order valence-electron chi connectivity index (χ1n) is 8.33. The van der Waals surface area contributed by atoms with Gasteiger partial charge < -0.3 is 10.1 Å². The van der Waals surface area contributed by atoms with E-state index in [0.29, 0.717) is 22.5 Å². The Hall–Kier alpha value is -3.49. The summed E-state index contributed by atoms with van der Waals surface area (Å²) in [6.07, 6.45) is 2.24. The lowest BCUT2D eigenvalue weighted by atomic mass is 10.1. The minimum atomic E-state index is -0.566. The largest absolute Gasteiger partial charge is 0.442 e. The van der Waals surface area contributed by atoms with E-state index in [1.807, 2.05) is 0 Å². The van der Waals surface area contributed by atoms with E-state index in [1.165, 1.54) is 17.9 Å². The van der Waals surface area contributed by atoms with Gasteiger partial charge in [0.2, 0.25) is 5.91 Å². The molecule has 0 radical (unpaired) electrons. The smallest absolute Gasteiger partial charge is 0.414 e. The van der Waals surface area contributed by atoms with Gasteiger partial charge in [0.25, 0.3) is 0 Å². The first kappa shape index (κ1) is 17.0. The zero-order valence-electron chi connectivity index (χ0n) is 14.4. The van der Waals surface area contributed by atoms with Crippen molar-refractivity contribution in [3.63, 3.8) is 0 Å². The topological polar surface area (TPSA) is 88.8 Å². The zero-order valence-corrected chi connectivity index (χ0v) is 14.4. The number of halogens is 1. The molecule has 2 amide bonds. The summed E-state index contributed by atoms with van der Waals surface area (Å²) in [7, 11) is 0. The highest BCUT2D eigenvalue weighted by atomic mass is 19.1. The molecule has 2 aromatic heterocycles. The number of anilines is 1. The summed E-state index contributed by atoms with van der Waals surface area (Å²) in [6, 6.07) is 8.09. The summed E-state index contributed by atoms with van der Waals surface area (Å²) in [4.78, 5) is 24.4. The van der Waals surface area contributed by atoms with Gasteiger partial charge in [-0.05, 0) is 30.3 Å². The van der Waals surface area contributed by atoms with Gasteiger partial charge in [-0.3, -0.25) is 14.1 Å². The summed E-state index contributed by atoms with van der Waals surface area (Å²) < 4.78 is 21.6. The first-order chi connectivity index (χ1) is 13.0. The average Bonchev–Trinajstić information content (AvgIpc) is 3.25. The number of rotatable bonds is 4. The number of aromatic nitrogens is 3. The van der Waals surface area contributed by atoms with E-state index < -0.39 is 18.0 Å². The molecule has 0 saturated carbocycles. The summed E-state index contributed by atoms with van der Waals surface area (Å²) in [5.41, 5.74) is 2.13. The van der Waals surface area contributed by atoms with E-state index in [4.69, 9.17) is 4.74 Å². The van der Waals surface area contributed by atoms with Crippen LogP contribution in [0, 0.1) is 5.82 Å². The van der Waals surface area contributed by atoms with Gasteiger partial charge in [0.1, 0.15) is 18.2 Å². The third kappa shape index (κ3) is 3.31. The minimum Gasteiger partial charge on any atom is -0.442 e. The number of nitrogens with one attached hydrogen (secondary N) is 1. The Morgan fingerprint density at radius 1 is 1.37 bits per heavy atom. The normalized spacial score (nSPS) is 16.6. The van der Waals surface area contributed by atoms with Crippen LogP contribution in [-0.4, -0.2) is 45.8 Å². The van der Waals surface area contributed by atoms with E-state index >= 15 is 0 Å². The Morgan fingerprint density at radius 2 is 2.22 bits per heavy atom. The Kier molecular flexibility index (Phi) is 4.19. The Bertz CT molecular complexity index is 1030. The van der Waals surface area contributed by atoms with Gasteiger partial charge in [-0.15, -0.1) is 10.2 Å². The number of fused-ring (bicyclic) bond motifs is 1. The van der Waals surface area contributed by atoms with Crippen molar-refractivity contribution in [1.29, 1.82) is 0 Å². The second kappa shape index (κ2) is 6.67. The van der Waals surface area contributed by atoms with Gasteiger partial charge in [-0.25, -0.2) is 9.18 Å². The maximum absolute atomic E-state index is 14.7. The van der Waals surface area contributed by atoms with Crippen molar-refractivity contribution in [3.05, 3.63) is 48.7 Å². The molecule has 1 aliphatic heterocycles. The van der Waals surface area contributed by atoms with Crippen LogP contribution in [0.4, 0.5) is 14.9 Å². The molecule has 3 aromatic rings. The van der Waals surface area contributed by atoms with E-state index in [0.717, 1.165) is 0 Å². The number of hydrogen-bond donors (Lipinski definition) is 1. The maximum atomic E-state index is 14.7. The van der Waals surface area contributed by atoms with Crippen molar-refractivity contribution in [1.82, 2.24) is 19.9 Å². The molecule has 138 valence electrons. The first-order valence-corrected chi connectivity index (χ1v) is 8.33. The monoisotopic (exact) mass is 369 g/mol. The molecule has 1 N–H and O–H groups in total. The highest BCUT2D eigenvalue weighted by Gasteiger charge is 2.32. The molecule has 0 bridgehead atoms. The van der Waals surface area contributed by atoms with Crippen LogP contribution < -0.4 is 10.2 Å². The van der Waals surface area contributed by atoms with Crippen molar-refractivity contribution in [2.75, 3.05) is 18.0 Å². The van der Waals surface area contributed by atoms with Crippen molar-refractivity contribution in [2.24, 2.45) is 0 Å². The van der Waals surface area contributed by atoms with Gasteiger partial charge in [0, 0.05) is 24.2 Å². The summed E-state index contributed by atoms with van der Waals surface area (Å²) in [5, 5.41) is 10.3. The number of carbonyl (C=O) groups excluding carboxylic acids is 2. The van der Waals surface area contributed by atoms with Crippen molar-refractivity contribution < 1.29 is 18.7 Å². The van der Waals surface area contributed by atoms with Gasteiger partial charge in [0.15, 0.2) is 5.65 Å². The number of amides is 2. The maximum Gasteiger partial charge on any atom is 0.414 e. The Labute approximate surface area is 153 Å². The SMILES string of the molecule is CC(=O)NC[C@H]1CN(c2ccc(-c3ccc4nncn4c3)c(F)c2)C(=O)O1. The van der Waals surface area contributed by atoms with E-state index in [2.05, 4.69) is 15.5 Å². The van der Waals surface area contributed by atoms with E-state index in [1.54, 1.807) is 41.2 Å². The van der Waals surface area contributed by atoms with Crippen LogP contribution in [0.3, 0.4) is 0 Å². The lowest BCUT2D eigenvalue weighted by Crippen LogP contribution is -2.33. The second-order valence-electron chi connectivity index (χ2n) is 6.23. The van der Waals surface area contributed by atoms with Crippen LogP contribution in [0.1, 0.15) is 6.92 Å². The van der Waals surface area contributed by atoms with Crippen LogP contribution >= 0.6 is 0 Å². The predicted molar refractivity (Wildman–Crippen MR) is 94.7 cm³/mol. The molecule has 4 rings (SSSR count). The zero-order chi connectivity index (χ0) is 19.0. The van der Waals surface area contributed by atoms with Crippen molar-refractivity contribution in [3.8, 4) is 11.1 Å².